The normalized spacial score (nSPS) is 22.9. The molecular formula is C15H15NO3. The molecule has 0 spiro atoms. The lowest BCUT2D eigenvalue weighted by atomic mass is 10.0. The molecule has 1 aliphatic heterocycles. The Morgan fingerprint density at radius 2 is 1.63 bits per heavy atom. The van der Waals surface area contributed by atoms with Crippen LogP contribution in [0.2, 0.25) is 0 Å². The zero-order valence-electron chi connectivity index (χ0n) is 10.4. The molecule has 2 aromatic rings. The molecule has 19 heavy (non-hydrogen) atoms. The van der Waals surface area contributed by atoms with Gasteiger partial charge in [0.05, 0.1) is 12.2 Å². The zero-order valence-corrected chi connectivity index (χ0v) is 10.4. The van der Waals surface area contributed by atoms with Gasteiger partial charge < -0.3 is 15.1 Å². The van der Waals surface area contributed by atoms with E-state index in [9.17, 15) is 15.0 Å². The highest BCUT2D eigenvalue weighted by Crippen LogP contribution is 2.22. The van der Waals surface area contributed by atoms with Crippen LogP contribution >= 0.6 is 0 Å². The molecule has 1 amide bonds. The third kappa shape index (κ3) is 2.09. The van der Waals surface area contributed by atoms with E-state index in [0.717, 1.165) is 10.8 Å². The maximum absolute atomic E-state index is 12.5. The third-order valence-corrected chi connectivity index (χ3v) is 3.57. The van der Waals surface area contributed by atoms with Gasteiger partial charge in [0.15, 0.2) is 0 Å². The summed E-state index contributed by atoms with van der Waals surface area (Å²) in [5.74, 6) is -0.146. The van der Waals surface area contributed by atoms with Gasteiger partial charge >= 0.3 is 0 Å². The molecule has 1 heterocycles. The SMILES string of the molecule is O=C(c1cccc2ccccc12)N1C[C@@H](O)[C@@H](O)C1. The third-order valence-electron chi connectivity index (χ3n) is 3.57. The molecular weight excluding hydrogens is 242 g/mol. The van der Waals surface area contributed by atoms with Crippen molar-refractivity contribution in [3.8, 4) is 0 Å². The summed E-state index contributed by atoms with van der Waals surface area (Å²) in [4.78, 5) is 14.0. The van der Waals surface area contributed by atoms with Crippen LogP contribution in [0.4, 0.5) is 0 Å². The molecule has 2 aromatic carbocycles. The van der Waals surface area contributed by atoms with Gasteiger partial charge in [0.2, 0.25) is 0 Å². The minimum atomic E-state index is -0.848. The number of aliphatic hydroxyl groups is 2. The quantitative estimate of drug-likeness (QED) is 0.801. The molecule has 2 atom stereocenters. The van der Waals surface area contributed by atoms with Gasteiger partial charge in [0, 0.05) is 18.7 Å². The molecule has 0 unspecified atom stereocenters. The summed E-state index contributed by atoms with van der Waals surface area (Å²) in [5, 5.41) is 21.0. The van der Waals surface area contributed by atoms with Gasteiger partial charge in [-0.25, -0.2) is 0 Å². The molecule has 0 aromatic heterocycles. The highest BCUT2D eigenvalue weighted by molar-refractivity contribution is 6.07. The van der Waals surface area contributed by atoms with Crippen LogP contribution < -0.4 is 0 Å². The standard InChI is InChI=1S/C15H15NO3/c17-13-8-16(9-14(13)18)15(19)12-7-3-5-10-4-1-2-6-11(10)12/h1-7,13-14,17-18H,8-9H2/t13-,14+. The number of carbonyl (C=O) groups excluding carboxylic acids is 1. The van der Waals surface area contributed by atoms with E-state index in [2.05, 4.69) is 0 Å². The smallest absolute Gasteiger partial charge is 0.254 e. The predicted octanol–water partition coefficient (Wildman–Crippen LogP) is 1.02. The fourth-order valence-electron chi connectivity index (χ4n) is 2.52. The van der Waals surface area contributed by atoms with Crippen LogP contribution in [0.15, 0.2) is 42.5 Å². The van der Waals surface area contributed by atoms with Crippen molar-refractivity contribution in [2.45, 2.75) is 12.2 Å². The van der Waals surface area contributed by atoms with Gasteiger partial charge in [-0.1, -0.05) is 36.4 Å². The molecule has 1 aliphatic rings. The highest BCUT2D eigenvalue weighted by Gasteiger charge is 2.33. The topological polar surface area (TPSA) is 60.8 Å². The number of likely N-dealkylation sites (tertiary alicyclic amines) is 1. The number of β-amino-alcohol motifs (C(OH)–C–C–N with tert-alkyl or cyclic N) is 2. The number of aliphatic hydroxyl groups excluding tert-OH is 2. The summed E-state index contributed by atoms with van der Waals surface area (Å²) in [5.41, 5.74) is 0.611. The molecule has 0 saturated carbocycles. The molecule has 1 fully saturated rings. The number of hydrogen-bond donors (Lipinski definition) is 2. The lowest BCUT2D eigenvalue weighted by molar-refractivity contribution is 0.0572. The Morgan fingerprint density at radius 3 is 2.37 bits per heavy atom. The summed E-state index contributed by atoms with van der Waals surface area (Å²) in [6.45, 7) is 0.368. The summed E-state index contributed by atoms with van der Waals surface area (Å²) >= 11 is 0. The largest absolute Gasteiger partial charge is 0.388 e. The number of carbonyl (C=O) groups is 1. The van der Waals surface area contributed by atoms with Crippen LogP contribution in [0.1, 0.15) is 10.4 Å². The van der Waals surface area contributed by atoms with E-state index < -0.39 is 12.2 Å². The van der Waals surface area contributed by atoms with E-state index in [0.29, 0.717) is 5.56 Å². The maximum atomic E-state index is 12.5. The lowest BCUT2D eigenvalue weighted by Gasteiger charge is -2.16. The number of amides is 1. The van der Waals surface area contributed by atoms with Crippen molar-refractivity contribution >= 4 is 16.7 Å². The maximum Gasteiger partial charge on any atom is 0.254 e. The molecule has 0 bridgehead atoms. The molecule has 2 N–H and O–H groups in total. The van der Waals surface area contributed by atoms with Gasteiger partial charge in [-0.3, -0.25) is 4.79 Å². The first-order valence-electron chi connectivity index (χ1n) is 6.30. The first-order valence-corrected chi connectivity index (χ1v) is 6.30. The zero-order chi connectivity index (χ0) is 13.4. The number of nitrogens with zero attached hydrogens (tertiary/aromatic N) is 1. The fraction of sp³-hybridized carbons (Fsp3) is 0.267. The Labute approximate surface area is 110 Å². The molecule has 0 radical (unpaired) electrons. The number of hydrogen-bond acceptors (Lipinski definition) is 3. The summed E-state index contributed by atoms with van der Waals surface area (Å²) < 4.78 is 0. The van der Waals surface area contributed by atoms with Crippen molar-refractivity contribution in [1.82, 2.24) is 4.90 Å². The van der Waals surface area contributed by atoms with Gasteiger partial charge in [0.1, 0.15) is 0 Å². The van der Waals surface area contributed by atoms with Crippen molar-refractivity contribution in [3.63, 3.8) is 0 Å². The predicted molar refractivity (Wildman–Crippen MR) is 71.9 cm³/mol. The van der Waals surface area contributed by atoms with Gasteiger partial charge in [-0.15, -0.1) is 0 Å². The Hall–Kier alpha value is -1.91. The van der Waals surface area contributed by atoms with E-state index >= 15 is 0 Å². The summed E-state index contributed by atoms with van der Waals surface area (Å²) in [6, 6.07) is 13.3. The van der Waals surface area contributed by atoms with Crippen molar-refractivity contribution in [3.05, 3.63) is 48.0 Å². The lowest BCUT2D eigenvalue weighted by Crippen LogP contribution is -2.29. The molecule has 0 aliphatic carbocycles. The van der Waals surface area contributed by atoms with Crippen LogP contribution in [0.25, 0.3) is 10.8 Å². The minimum absolute atomic E-state index is 0.146. The first kappa shape index (κ1) is 12.1. The highest BCUT2D eigenvalue weighted by atomic mass is 16.3. The minimum Gasteiger partial charge on any atom is -0.388 e. The monoisotopic (exact) mass is 257 g/mol. The van der Waals surface area contributed by atoms with Crippen molar-refractivity contribution in [1.29, 1.82) is 0 Å². The van der Waals surface area contributed by atoms with E-state index in [4.69, 9.17) is 0 Å². The van der Waals surface area contributed by atoms with Crippen molar-refractivity contribution in [2.75, 3.05) is 13.1 Å². The average molecular weight is 257 g/mol. The van der Waals surface area contributed by atoms with E-state index in [1.165, 1.54) is 4.90 Å². The summed E-state index contributed by atoms with van der Waals surface area (Å²) in [7, 11) is 0. The van der Waals surface area contributed by atoms with E-state index in [-0.39, 0.29) is 19.0 Å². The van der Waals surface area contributed by atoms with Crippen molar-refractivity contribution < 1.29 is 15.0 Å². The molecule has 1 saturated heterocycles. The number of fused-ring (bicyclic) bond motifs is 1. The number of rotatable bonds is 1. The summed E-state index contributed by atoms with van der Waals surface area (Å²) in [6.07, 6.45) is -1.70. The van der Waals surface area contributed by atoms with Crippen LogP contribution in [0, 0.1) is 0 Å². The Bertz CT molecular complexity index is 610. The Kier molecular flexibility index (Phi) is 2.97. The fourth-order valence-corrected chi connectivity index (χ4v) is 2.52. The second-order valence-electron chi connectivity index (χ2n) is 4.87. The van der Waals surface area contributed by atoms with Crippen LogP contribution in [-0.4, -0.2) is 46.3 Å². The second-order valence-corrected chi connectivity index (χ2v) is 4.87. The molecule has 4 nitrogen and oxygen atoms in total. The average Bonchev–Trinajstić information content (AvgIpc) is 2.77. The molecule has 98 valence electrons. The van der Waals surface area contributed by atoms with Gasteiger partial charge in [-0.2, -0.15) is 0 Å². The van der Waals surface area contributed by atoms with E-state index in [1.54, 1.807) is 6.07 Å². The molecule has 4 heteroatoms. The second kappa shape index (κ2) is 4.64. The Morgan fingerprint density at radius 1 is 1.00 bits per heavy atom. The van der Waals surface area contributed by atoms with Crippen LogP contribution in [0.3, 0.4) is 0 Å². The number of benzene rings is 2. The first-order chi connectivity index (χ1) is 9.16. The van der Waals surface area contributed by atoms with Gasteiger partial charge in [-0.05, 0) is 16.8 Å². The van der Waals surface area contributed by atoms with E-state index in [1.807, 2.05) is 36.4 Å². The van der Waals surface area contributed by atoms with Gasteiger partial charge in [0.25, 0.3) is 5.91 Å². The van der Waals surface area contributed by atoms with Crippen LogP contribution in [-0.2, 0) is 0 Å². The Balaban J connectivity index is 1.98. The molecule has 3 rings (SSSR count). The van der Waals surface area contributed by atoms with Crippen molar-refractivity contribution in [2.24, 2.45) is 0 Å². The van der Waals surface area contributed by atoms with Crippen LogP contribution in [0.5, 0.6) is 0 Å².